The molecule has 0 bridgehead atoms. The minimum Gasteiger partial charge on any atom is -0.410 e. The van der Waals surface area contributed by atoms with Gasteiger partial charge in [0, 0.05) is 44.1 Å². The fourth-order valence-electron chi connectivity index (χ4n) is 3.31. The van der Waals surface area contributed by atoms with Crippen LogP contribution in [-0.4, -0.2) is 70.8 Å². The number of hydrogen-bond acceptors (Lipinski definition) is 6. The minimum atomic E-state index is -0.388. The Balaban J connectivity index is 1.38. The number of fused-ring (bicyclic) bond motifs is 1. The molecule has 1 aliphatic rings. The molecule has 4 rings (SSSR count). The van der Waals surface area contributed by atoms with Crippen LogP contribution in [0.15, 0.2) is 42.6 Å². The summed E-state index contributed by atoms with van der Waals surface area (Å²) in [7, 11) is 2.02. The summed E-state index contributed by atoms with van der Waals surface area (Å²) in [6, 6.07) is 9.82. The lowest BCUT2D eigenvalue weighted by atomic mass is 10.2. The lowest BCUT2D eigenvalue weighted by Crippen LogP contribution is -2.48. The van der Waals surface area contributed by atoms with Crippen molar-refractivity contribution in [1.82, 2.24) is 19.8 Å². The fraction of sp³-hybridized carbons (Fsp3) is 0.273. The number of carbonyl (C=O) groups is 3. The molecule has 1 fully saturated rings. The molecule has 1 saturated heterocycles. The maximum atomic E-state index is 12.6. The number of pyridine rings is 1. The largest absolute Gasteiger partial charge is 0.415 e. The molecule has 160 valence electrons. The van der Waals surface area contributed by atoms with Gasteiger partial charge < -0.3 is 24.8 Å². The highest BCUT2D eigenvalue weighted by Crippen LogP contribution is 2.20. The Kier molecular flexibility index (Phi) is 5.68. The summed E-state index contributed by atoms with van der Waals surface area (Å²) in [5.41, 5.74) is 1.97. The smallest absolute Gasteiger partial charge is 0.410 e. The first kappa shape index (κ1) is 20.5. The first-order chi connectivity index (χ1) is 14.9. The van der Waals surface area contributed by atoms with Crippen molar-refractivity contribution in [3.63, 3.8) is 0 Å². The van der Waals surface area contributed by atoms with Crippen LogP contribution >= 0.6 is 0 Å². The number of aromatic amines is 1. The molecule has 0 spiro atoms. The molecule has 2 aromatic heterocycles. The third-order valence-corrected chi connectivity index (χ3v) is 5.19. The minimum absolute atomic E-state index is 0.0861. The van der Waals surface area contributed by atoms with Gasteiger partial charge in [-0.1, -0.05) is 0 Å². The Hall–Kier alpha value is -3.72. The zero-order valence-corrected chi connectivity index (χ0v) is 17.3. The molecule has 0 unspecified atom stereocenters. The van der Waals surface area contributed by atoms with Gasteiger partial charge in [0.1, 0.15) is 11.4 Å². The van der Waals surface area contributed by atoms with Crippen molar-refractivity contribution in [3.05, 3.63) is 53.9 Å². The highest BCUT2D eigenvalue weighted by molar-refractivity contribution is 6.05. The van der Waals surface area contributed by atoms with Crippen molar-refractivity contribution in [1.29, 1.82) is 0 Å². The van der Waals surface area contributed by atoms with Gasteiger partial charge in [0.2, 0.25) is 0 Å². The van der Waals surface area contributed by atoms with E-state index in [9.17, 15) is 14.4 Å². The third kappa shape index (κ3) is 4.72. The van der Waals surface area contributed by atoms with Gasteiger partial charge in [-0.2, -0.15) is 0 Å². The Bertz CT molecular complexity index is 1130. The average molecular weight is 421 g/mol. The summed E-state index contributed by atoms with van der Waals surface area (Å²) in [5.74, 6) is -0.0231. The molecule has 9 heteroatoms. The zero-order chi connectivity index (χ0) is 22.0. The van der Waals surface area contributed by atoms with E-state index in [1.165, 1.54) is 13.1 Å². The maximum Gasteiger partial charge on any atom is 0.415 e. The second-order valence-corrected chi connectivity index (χ2v) is 7.54. The van der Waals surface area contributed by atoms with E-state index in [4.69, 9.17) is 4.74 Å². The van der Waals surface area contributed by atoms with E-state index >= 15 is 0 Å². The van der Waals surface area contributed by atoms with Gasteiger partial charge in [-0.3, -0.25) is 9.59 Å². The summed E-state index contributed by atoms with van der Waals surface area (Å²) >= 11 is 0. The van der Waals surface area contributed by atoms with Crippen LogP contribution in [0.4, 0.5) is 10.5 Å². The van der Waals surface area contributed by atoms with Gasteiger partial charge in [0.05, 0.1) is 17.6 Å². The molecule has 2 N–H and O–H groups in total. The maximum absolute atomic E-state index is 12.6. The average Bonchev–Trinajstić information content (AvgIpc) is 3.18. The van der Waals surface area contributed by atoms with E-state index < -0.39 is 0 Å². The topological polar surface area (TPSA) is 108 Å². The van der Waals surface area contributed by atoms with Crippen LogP contribution in [0.1, 0.15) is 27.8 Å². The number of rotatable bonds is 4. The summed E-state index contributed by atoms with van der Waals surface area (Å²) < 4.78 is 5.41. The number of anilines is 1. The molecular formula is C22H23N5O4. The number of amides is 2. The molecule has 3 heterocycles. The van der Waals surface area contributed by atoms with Gasteiger partial charge in [0.15, 0.2) is 5.78 Å². The lowest BCUT2D eigenvalue weighted by molar-refractivity contribution is 0.100. The number of nitrogens with one attached hydrogen (secondary N) is 2. The number of ether oxygens (including phenoxy) is 1. The molecule has 0 atom stereocenters. The molecule has 9 nitrogen and oxygen atoms in total. The van der Waals surface area contributed by atoms with Gasteiger partial charge >= 0.3 is 6.09 Å². The number of ketones is 1. The fourth-order valence-corrected chi connectivity index (χ4v) is 3.31. The second-order valence-electron chi connectivity index (χ2n) is 7.54. The highest BCUT2D eigenvalue weighted by Gasteiger charge is 2.20. The number of H-pyrrole nitrogens is 1. The predicted octanol–water partition coefficient (Wildman–Crippen LogP) is 2.76. The van der Waals surface area contributed by atoms with Gasteiger partial charge in [-0.05, 0) is 43.4 Å². The van der Waals surface area contributed by atoms with E-state index in [-0.39, 0.29) is 17.8 Å². The highest BCUT2D eigenvalue weighted by atomic mass is 16.6. The summed E-state index contributed by atoms with van der Waals surface area (Å²) in [6.07, 6.45) is 1.13. The number of hydrogen-bond donors (Lipinski definition) is 2. The number of carbonyl (C=O) groups excluding carboxylic acids is 3. The van der Waals surface area contributed by atoms with Crippen molar-refractivity contribution >= 4 is 34.5 Å². The van der Waals surface area contributed by atoms with Gasteiger partial charge in [-0.25, -0.2) is 9.78 Å². The van der Waals surface area contributed by atoms with Crippen LogP contribution in [-0.2, 0) is 0 Å². The molecule has 1 aromatic carbocycles. The quantitative estimate of drug-likeness (QED) is 0.627. The molecule has 0 aliphatic carbocycles. The summed E-state index contributed by atoms with van der Waals surface area (Å²) in [5, 5.41) is 3.51. The van der Waals surface area contributed by atoms with E-state index in [2.05, 4.69) is 20.2 Å². The van der Waals surface area contributed by atoms with E-state index in [1.54, 1.807) is 41.3 Å². The van der Waals surface area contributed by atoms with Crippen molar-refractivity contribution in [3.8, 4) is 5.75 Å². The number of likely N-dealkylation sites (N-methyl/N-ethyl adjacent to an activating group) is 1. The number of benzene rings is 1. The number of piperazine rings is 1. The number of nitrogens with zero attached hydrogens (tertiary/aromatic N) is 3. The van der Waals surface area contributed by atoms with Crippen LogP contribution in [0.2, 0.25) is 0 Å². The standard InChI is InChI=1S/C22H23N5O4/c1-14(28)19-12-16-11-17(13-23-20(16)25-19)24-21(29)15-3-5-18(6-4-15)31-22(30)27-9-7-26(2)8-10-27/h3-6,11-13H,7-10H2,1-2H3,(H,23,25)(H,24,29). The summed E-state index contributed by atoms with van der Waals surface area (Å²) in [4.78, 5) is 47.3. The molecule has 1 aliphatic heterocycles. The molecule has 2 amide bonds. The van der Waals surface area contributed by atoms with Crippen molar-refractivity contribution in [2.75, 3.05) is 38.5 Å². The summed E-state index contributed by atoms with van der Waals surface area (Å²) in [6.45, 7) is 4.35. The van der Waals surface area contributed by atoms with E-state index in [1.807, 2.05) is 7.05 Å². The molecule has 3 aromatic rings. The van der Waals surface area contributed by atoms with Crippen LogP contribution in [0.25, 0.3) is 11.0 Å². The molecule has 31 heavy (non-hydrogen) atoms. The Morgan fingerprint density at radius 2 is 1.77 bits per heavy atom. The molecular weight excluding hydrogens is 398 g/mol. The molecule has 0 saturated carbocycles. The van der Waals surface area contributed by atoms with Crippen LogP contribution in [0.5, 0.6) is 5.75 Å². The number of Topliss-reactive ketones (excluding diaryl/α,β-unsaturated/α-hetero) is 1. The van der Waals surface area contributed by atoms with E-state index in [0.29, 0.717) is 41.4 Å². The first-order valence-electron chi connectivity index (χ1n) is 9.95. The number of aromatic nitrogens is 2. The monoisotopic (exact) mass is 421 g/mol. The van der Waals surface area contributed by atoms with Crippen molar-refractivity contribution < 1.29 is 19.1 Å². The normalized spacial score (nSPS) is 14.5. The first-order valence-corrected chi connectivity index (χ1v) is 9.95. The van der Waals surface area contributed by atoms with Crippen LogP contribution in [0.3, 0.4) is 0 Å². The van der Waals surface area contributed by atoms with Gasteiger partial charge in [0.25, 0.3) is 5.91 Å². The molecule has 0 radical (unpaired) electrons. The van der Waals surface area contributed by atoms with Crippen molar-refractivity contribution in [2.45, 2.75) is 6.92 Å². The lowest BCUT2D eigenvalue weighted by Gasteiger charge is -2.31. The Labute approximate surface area is 179 Å². The Morgan fingerprint density at radius 1 is 1.06 bits per heavy atom. The van der Waals surface area contributed by atoms with E-state index in [0.717, 1.165) is 18.5 Å². The van der Waals surface area contributed by atoms with Crippen molar-refractivity contribution in [2.24, 2.45) is 0 Å². The Morgan fingerprint density at radius 3 is 2.45 bits per heavy atom. The second kappa shape index (κ2) is 8.57. The predicted molar refractivity (Wildman–Crippen MR) is 116 cm³/mol. The zero-order valence-electron chi connectivity index (χ0n) is 17.3. The SMILES string of the molecule is CC(=O)c1cc2cc(NC(=O)c3ccc(OC(=O)N4CCN(C)CC4)cc3)cnc2[nH]1. The van der Waals surface area contributed by atoms with Gasteiger partial charge in [-0.15, -0.1) is 0 Å². The van der Waals surface area contributed by atoms with Crippen LogP contribution in [0, 0.1) is 0 Å². The van der Waals surface area contributed by atoms with Crippen LogP contribution < -0.4 is 10.1 Å². The third-order valence-electron chi connectivity index (χ3n) is 5.19.